The SMILES string of the molecule is Clc1ccc2nc(NCCOc3ccccc3)sc2c1. The van der Waals surface area contributed by atoms with Crippen LogP contribution in [0.5, 0.6) is 5.75 Å². The van der Waals surface area contributed by atoms with E-state index in [9.17, 15) is 0 Å². The topological polar surface area (TPSA) is 34.2 Å². The Bertz CT molecular complexity index is 699. The Balaban J connectivity index is 1.55. The van der Waals surface area contributed by atoms with Gasteiger partial charge in [0.1, 0.15) is 12.4 Å². The molecule has 1 heterocycles. The number of hydrogen-bond donors (Lipinski definition) is 1. The number of halogens is 1. The summed E-state index contributed by atoms with van der Waals surface area (Å²) in [4.78, 5) is 4.49. The second kappa shape index (κ2) is 6.11. The van der Waals surface area contributed by atoms with E-state index in [1.807, 2.05) is 48.5 Å². The number of benzene rings is 2. The van der Waals surface area contributed by atoms with Gasteiger partial charge >= 0.3 is 0 Å². The highest BCUT2D eigenvalue weighted by Gasteiger charge is 2.03. The van der Waals surface area contributed by atoms with Gasteiger partial charge in [-0.15, -0.1) is 0 Å². The predicted molar refractivity (Wildman–Crippen MR) is 85.1 cm³/mol. The van der Waals surface area contributed by atoms with Gasteiger partial charge in [0.25, 0.3) is 0 Å². The summed E-state index contributed by atoms with van der Waals surface area (Å²) in [7, 11) is 0. The van der Waals surface area contributed by atoms with Crippen molar-refractivity contribution in [3.8, 4) is 5.75 Å². The zero-order valence-electron chi connectivity index (χ0n) is 10.7. The molecule has 0 saturated heterocycles. The molecule has 1 N–H and O–H groups in total. The molecule has 1 aromatic heterocycles. The van der Waals surface area contributed by atoms with Gasteiger partial charge in [-0.3, -0.25) is 0 Å². The molecule has 0 unspecified atom stereocenters. The molecule has 0 saturated carbocycles. The van der Waals surface area contributed by atoms with Crippen LogP contribution in [0.15, 0.2) is 48.5 Å². The molecule has 102 valence electrons. The zero-order valence-corrected chi connectivity index (χ0v) is 12.2. The Kier molecular flexibility index (Phi) is 4.04. The van der Waals surface area contributed by atoms with E-state index in [1.54, 1.807) is 11.3 Å². The molecule has 0 bridgehead atoms. The van der Waals surface area contributed by atoms with Gasteiger partial charge < -0.3 is 10.1 Å². The number of thiazole rings is 1. The van der Waals surface area contributed by atoms with Crippen molar-refractivity contribution in [3.63, 3.8) is 0 Å². The summed E-state index contributed by atoms with van der Waals surface area (Å²) in [6, 6.07) is 15.5. The van der Waals surface area contributed by atoms with E-state index in [1.165, 1.54) is 0 Å². The number of fused-ring (bicyclic) bond motifs is 1. The molecule has 0 aliphatic rings. The largest absolute Gasteiger partial charge is 0.492 e. The fourth-order valence-electron chi connectivity index (χ4n) is 1.82. The molecule has 0 amide bonds. The summed E-state index contributed by atoms with van der Waals surface area (Å²) in [5, 5.41) is 4.89. The molecular weight excluding hydrogens is 292 g/mol. The average molecular weight is 305 g/mol. The van der Waals surface area contributed by atoms with E-state index in [0.29, 0.717) is 13.2 Å². The van der Waals surface area contributed by atoms with Gasteiger partial charge in [-0.25, -0.2) is 4.98 Å². The summed E-state index contributed by atoms with van der Waals surface area (Å²) < 4.78 is 6.70. The third-order valence-corrected chi connectivity index (χ3v) is 3.95. The summed E-state index contributed by atoms with van der Waals surface area (Å²) in [6.45, 7) is 1.31. The maximum absolute atomic E-state index is 5.96. The van der Waals surface area contributed by atoms with E-state index in [-0.39, 0.29) is 0 Å². The van der Waals surface area contributed by atoms with Crippen molar-refractivity contribution in [1.29, 1.82) is 0 Å². The van der Waals surface area contributed by atoms with Crippen molar-refractivity contribution in [2.24, 2.45) is 0 Å². The van der Waals surface area contributed by atoms with Crippen LogP contribution in [0.4, 0.5) is 5.13 Å². The molecule has 5 heteroatoms. The lowest BCUT2D eigenvalue weighted by molar-refractivity contribution is 0.333. The lowest BCUT2D eigenvalue weighted by atomic mass is 10.3. The third kappa shape index (κ3) is 3.21. The number of anilines is 1. The number of nitrogens with one attached hydrogen (secondary N) is 1. The van der Waals surface area contributed by atoms with E-state index in [0.717, 1.165) is 26.1 Å². The second-order valence-electron chi connectivity index (χ2n) is 4.22. The average Bonchev–Trinajstić information content (AvgIpc) is 2.86. The fraction of sp³-hybridized carbons (Fsp3) is 0.133. The van der Waals surface area contributed by atoms with Crippen molar-refractivity contribution in [2.75, 3.05) is 18.5 Å². The monoisotopic (exact) mass is 304 g/mol. The number of nitrogens with zero attached hydrogens (tertiary/aromatic N) is 1. The van der Waals surface area contributed by atoms with Crippen LogP contribution in [0.1, 0.15) is 0 Å². The smallest absolute Gasteiger partial charge is 0.183 e. The van der Waals surface area contributed by atoms with Crippen LogP contribution in [0.3, 0.4) is 0 Å². The van der Waals surface area contributed by atoms with Crippen LogP contribution in [-0.4, -0.2) is 18.1 Å². The Morgan fingerprint density at radius 2 is 2.00 bits per heavy atom. The van der Waals surface area contributed by atoms with Crippen molar-refractivity contribution in [3.05, 3.63) is 53.6 Å². The molecule has 0 spiro atoms. The van der Waals surface area contributed by atoms with Crippen molar-refractivity contribution in [1.82, 2.24) is 4.98 Å². The van der Waals surface area contributed by atoms with Gasteiger partial charge in [0.15, 0.2) is 5.13 Å². The molecule has 0 radical (unpaired) electrons. The first kappa shape index (κ1) is 13.2. The summed E-state index contributed by atoms with van der Waals surface area (Å²) in [5.41, 5.74) is 0.964. The van der Waals surface area contributed by atoms with Crippen molar-refractivity contribution in [2.45, 2.75) is 0 Å². The number of ether oxygens (including phenoxy) is 1. The normalized spacial score (nSPS) is 10.7. The molecule has 0 aliphatic heterocycles. The first-order valence-corrected chi connectivity index (χ1v) is 7.48. The summed E-state index contributed by atoms with van der Waals surface area (Å²) in [5.74, 6) is 0.880. The fourth-order valence-corrected chi connectivity index (χ4v) is 2.99. The van der Waals surface area contributed by atoms with E-state index in [4.69, 9.17) is 16.3 Å². The van der Waals surface area contributed by atoms with Crippen LogP contribution in [0.2, 0.25) is 5.02 Å². The van der Waals surface area contributed by atoms with Crippen LogP contribution in [0, 0.1) is 0 Å². The molecule has 2 aromatic carbocycles. The molecule has 3 aromatic rings. The molecule has 20 heavy (non-hydrogen) atoms. The highest BCUT2D eigenvalue weighted by Crippen LogP contribution is 2.28. The minimum Gasteiger partial charge on any atom is -0.492 e. The van der Waals surface area contributed by atoms with Crippen LogP contribution < -0.4 is 10.1 Å². The maximum atomic E-state index is 5.96. The number of aromatic nitrogens is 1. The molecular formula is C15H13ClN2OS. The molecule has 3 nitrogen and oxygen atoms in total. The minimum atomic E-state index is 0.598. The van der Waals surface area contributed by atoms with Gasteiger partial charge in [-0.05, 0) is 30.3 Å². The highest BCUT2D eigenvalue weighted by atomic mass is 35.5. The van der Waals surface area contributed by atoms with Crippen molar-refractivity contribution < 1.29 is 4.74 Å². The first-order valence-electron chi connectivity index (χ1n) is 6.29. The third-order valence-electron chi connectivity index (χ3n) is 2.74. The van der Waals surface area contributed by atoms with Gasteiger partial charge in [0, 0.05) is 5.02 Å². The van der Waals surface area contributed by atoms with Gasteiger partial charge in [0.05, 0.1) is 16.8 Å². The predicted octanol–water partition coefficient (Wildman–Crippen LogP) is 4.44. The van der Waals surface area contributed by atoms with Crippen LogP contribution in [-0.2, 0) is 0 Å². The second-order valence-corrected chi connectivity index (χ2v) is 5.69. The lowest BCUT2D eigenvalue weighted by Crippen LogP contribution is -2.11. The molecule has 0 fully saturated rings. The Hall–Kier alpha value is -1.78. The molecule has 0 atom stereocenters. The quantitative estimate of drug-likeness (QED) is 0.708. The van der Waals surface area contributed by atoms with Crippen LogP contribution >= 0.6 is 22.9 Å². The van der Waals surface area contributed by atoms with Gasteiger partial charge in [0.2, 0.25) is 0 Å². The summed E-state index contributed by atoms with van der Waals surface area (Å²) >= 11 is 7.56. The summed E-state index contributed by atoms with van der Waals surface area (Å²) in [6.07, 6.45) is 0. The van der Waals surface area contributed by atoms with E-state index < -0.39 is 0 Å². The molecule has 3 rings (SSSR count). The number of rotatable bonds is 5. The Morgan fingerprint density at radius 1 is 1.15 bits per heavy atom. The maximum Gasteiger partial charge on any atom is 0.183 e. The Labute approximate surface area is 126 Å². The number of hydrogen-bond acceptors (Lipinski definition) is 4. The Morgan fingerprint density at radius 3 is 2.85 bits per heavy atom. The van der Waals surface area contributed by atoms with Crippen LogP contribution in [0.25, 0.3) is 10.2 Å². The highest BCUT2D eigenvalue weighted by molar-refractivity contribution is 7.22. The van der Waals surface area contributed by atoms with Gasteiger partial charge in [-0.1, -0.05) is 41.1 Å². The molecule has 0 aliphatic carbocycles. The van der Waals surface area contributed by atoms with E-state index in [2.05, 4.69) is 10.3 Å². The zero-order chi connectivity index (χ0) is 13.8. The number of para-hydroxylation sites is 1. The lowest BCUT2D eigenvalue weighted by Gasteiger charge is -2.05. The van der Waals surface area contributed by atoms with Gasteiger partial charge in [-0.2, -0.15) is 0 Å². The minimum absolute atomic E-state index is 0.598. The first-order chi connectivity index (χ1) is 9.81. The van der Waals surface area contributed by atoms with E-state index >= 15 is 0 Å². The standard InChI is InChI=1S/C15H13ClN2OS/c16-11-6-7-13-14(10-11)20-15(18-13)17-8-9-19-12-4-2-1-3-5-12/h1-7,10H,8-9H2,(H,17,18). The van der Waals surface area contributed by atoms with Crippen molar-refractivity contribution >= 4 is 38.3 Å².